The van der Waals surface area contributed by atoms with Crippen molar-refractivity contribution in [3.63, 3.8) is 0 Å². The molecule has 10 heteroatoms. The van der Waals surface area contributed by atoms with Crippen molar-refractivity contribution < 1.29 is 36.6 Å². The van der Waals surface area contributed by atoms with E-state index in [0.29, 0.717) is 5.56 Å². The third kappa shape index (κ3) is 5.37. The summed E-state index contributed by atoms with van der Waals surface area (Å²) in [6, 6.07) is 12.6. The van der Waals surface area contributed by atoms with Gasteiger partial charge in [-0.3, -0.25) is 5.32 Å². The number of benzene rings is 2. The van der Waals surface area contributed by atoms with E-state index in [1.54, 1.807) is 35.6 Å². The maximum atomic E-state index is 13.9. The molecule has 0 radical (unpaired) electrons. The molecule has 0 aliphatic carbocycles. The lowest BCUT2D eigenvalue weighted by molar-refractivity contribution is -0.205. The highest BCUT2D eigenvalue weighted by Crippen LogP contribution is 2.34. The fourth-order valence-corrected chi connectivity index (χ4v) is 2.31. The van der Waals surface area contributed by atoms with Gasteiger partial charge < -0.3 is 14.8 Å². The van der Waals surface area contributed by atoms with Gasteiger partial charge in [-0.25, -0.2) is 14.0 Å². The molecule has 2 aromatic rings. The molecule has 0 aromatic heterocycles. The monoisotopic (exact) mass is 414 g/mol. The van der Waals surface area contributed by atoms with Crippen LogP contribution in [0.4, 0.5) is 28.0 Å². The van der Waals surface area contributed by atoms with Gasteiger partial charge >= 0.3 is 23.9 Å². The number of alkyl carbamates (subject to hydrolysis) is 1. The summed E-state index contributed by atoms with van der Waals surface area (Å²) in [5.74, 6) is -2.93. The van der Waals surface area contributed by atoms with Crippen LogP contribution >= 0.6 is 0 Å². The number of amides is 1. The summed E-state index contributed by atoms with van der Waals surface area (Å²) in [5.41, 5.74) is -3.92. The van der Waals surface area contributed by atoms with Crippen LogP contribution in [0.25, 0.3) is 0 Å². The smallest absolute Gasteiger partial charge is 0.442 e. The largest absolute Gasteiger partial charge is 0.463 e. The summed E-state index contributed by atoms with van der Waals surface area (Å²) in [7, 11) is 0. The van der Waals surface area contributed by atoms with Gasteiger partial charge in [0.15, 0.2) is 0 Å². The van der Waals surface area contributed by atoms with Gasteiger partial charge in [0, 0.05) is 0 Å². The fraction of sp³-hybridized carbons (Fsp3) is 0.263. The van der Waals surface area contributed by atoms with Crippen LogP contribution in [0, 0.1) is 5.82 Å². The average Bonchev–Trinajstić information content (AvgIpc) is 2.67. The van der Waals surface area contributed by atoms with Gasteiger partial charge in [0.1, 0.15) is 12.4 Å². The van der Waals surface area contributed by atoms with Crippen molar-refractivity contribution in [1.29, 1.82) is 0 Å². The number of esters is 1. The Balaban J connectivity index is 2.32. The van der Waals surface area contributed by atoms with Crippen LogP contribution in [0.3, 0.4) is 0 Å². The molecule has 0 bridgehead atoms. The van der Waals surface area contributed by atoms with E-state index in [1.807, 2.05) is 0 Å². The Bertz CT molecular complexity index is 846. The molecule has 2 N–H and O–H groups in total. The topological polar surface area (TPSA) is 76.7 Å². The van der Waals surface area contributed by atoms with E-state index in [4.69, 9.17) is 4.74 Å². The van der Waals surface area contributed by atoms with Crippen LogP contribution in [0.1, 0.15) is 12.5 Å². The fourth-order valence-electron chi connectivity index (χ4n) is 2.31. The molecule has 1 amide bonds. The van der Waals surface area contributed by atoms with Crippen LogP contribution in [0.5, 0.6) is 0 Å². The van der Waals surface area contributed by atoms with Gasteiger partial charge in [0.05, 0.1) is 12.3 Å². The first-order valence-electron chi connectivity index (χ1n) is 8.45. The molecular formula is C19H18F4N2O4. The summed E-state index contributed by atoms with van der Waals surface area (Å²) in [6.07, 6.45) is -6.95. The van der Waals surface area contributed by atoms with Crippen molar-refractivity contribution >= 4 is 17.7 Å². The highest BCUT2D eigenvalue weighted by molar-refractivity contribution is 5.89. The normalized spacial score (nSPS) is 13.1. The molecule has 0 spiro atoms. The number of carbonyl (C=O) groups excluding carboxylic acids is 2. The van der Waals surface area contributed by atoms with Crippen LogP contribution in [0.2, 0.25) is 0 Å². The molecular weight excluding hydrogens is 396 g/mol. The zero-order valence-corrected chi connectivity index (χ0v) is 15.3. The zero-order valence-electron chi connectivity index (χ0n) is 15.3. The van der Waals surface area contributed by atoms with Crippen molar-refractivity contribution in [3.8, 4) is 0 Å². The Morgan fingerprint density at radius 2 is 1.59 bits per heavy atom. The van der Waals surface area contributed by atoms with Crippen molar-refractivity contribution in [3.05, 3.63) is 66.0 Å². The first-order chi connectivity index (χ1) is 13.7. The SMILES string of the molecule is CCOC(=O)[C@](NC(=O)OCc1ccccc1)(Nc1ccccc1F)C(F)(F)F. The average molecular weight is 414 g/mol. The number of halogens is 4. The van der Waals surface area contributed by atoms with E-state index in [9.17, 15) is 27.2 Å². The molecule has 0 unspecified atom stereocenters. The maximum Gasteiger partial charge on any atom is 0.442 e. The first kappa shape index (κ1) is 22.0. The molecule has 2 rings (SSSR count). The van der Waals surface area contributed by atoms with Crippen LogP contribution in [0.15, 0.2) is 54.6 Å². The Hall–Kier alpha value is -3.30. The number of hydrogen-bond donors (Lipinski definition) is 2. The highest BCUT2D eigenvalue weighted by atomic mass is 19.4. The molecule has 156 valence electrons. The molecule has 0 fully saturated rings. The minimum absolute atomic E-state index is 0.344. The Labute approximate surface area is 163 Å². The number of ether oxygens (including phenoxy) is 2. The second-order valence-electron chi connectivity index (χ2n) is 5.76. The van der Waals surface area contributed by atoms with Crippen LogP contribution in [-0.2, 0) is 20.9 Å². The molecule has 0 saturated heterocycles. The zero-order chi connectivity index (χ0) is 21.5. The van der Waals surface area contributed by atoms with Crippen LogP contribution < -0.4 is 10.6 Å². The van der Waals surface area contributed by atoms with Crippen molar-refractivity contribution in [1.82, 2.24) is 5.32 Å². The molecule has 0 aliphatic rings. The van der Waals surface area contributed by atoms with E-state index >= 15 is 0 Å². The molecule has 0 heterocycles. The van der Waals surface area contributed by atoms with Crippen molar-refractivity contribution in [2.45, 2.75) is 25.4 Å². The highest BCUT2D eigenvalue weighted by Gasteiger charge is 2.64. The van der Waals surface area contributed by atoms with Crippen LogP contribution in [-0.4, -0.2) is 30.5 Å². The van der Waals surface area contributed by atoms with Gasteiger partial charge in [0.2, 0.25) is 0 Å². The second kappa shape index (κ2) is 9.26. The molecule has 1 atom stereocenters. The predicted molar refractivity (Wildman–Crippen MR) is 95.2 cm³/mol. The third-order valence-electron chi connectivity index (χ3n) is 3.71. The molecule has 0 aliphatic heterocycles. The third-order valence-corrected chi connectivity index (χ3v) is 3.71. The standard InChI is InChI=1S/C19H18F4N2O4/c1-2-28-16(26)18(19(21,22)23,24-15-11-7-6-10-14(15)20)25-17(27)29-12-13-8-4-3-5-9-13/h3-11,24H,2,12H2,1H3,(H,25,27)/t18-/m1/s1. The summed E-state index contributed by atoms with van der Waals surface area (Å²) in [4.78, 5) is 24.3. The lowest BCUT2D eigenvalue weighted by Gasteiger charge is -2.34. The Morgan fingerprint density at radius 1 is 0.966 bits per heavy atom. The first-order valence-corrected chi connectivity index (χ1v) is 8.45. The number of alkyl halides is 3. The minimum Gasteiger partial charge on any atom is -0.463 e. The second-order valence-corrected chi connectivity index (χ2v) is 5.76. The lowest BCUT2D eigenvalue weighted by Crippen LogP contribution is -2.69. The number of carbonyl (C=O) groups is 2. The number of hydrogen-bond acceptors (Lipinski definition) is 5. The van der Waals surface area contributed by atoms with E-state index in [-0.39, 0.29) is 6.61 Å². The number of rotatable bonds is 7. The maximum absolute atomic E-state index is 13.9. The van der Waals surface area contributed by atoms with Gasteiger partial charge in [-0.2, -0.15) is 13.2 Å². The number of anilines is 1. The quantitative estimate of drug-likeness (QED) is 0.407. The summed E-state index contributed by atoms with van der Waals surface area (Å²) in [5, 5.41) is 3.19. The van der Waals surface area contributed by atoms with Gasteiger partial charge in [-0.15, -0.1) is 0 Å². The predicted octanol–water partition coefficient (Wildman–Crippen LogP) is 3.99. The Morgan fingerprint density at radius 3 is 2.17 bits per heavy atom. The molecule has 6 nitrogen and oxygen atoms in total. The van der Waals surface area contributed by atoms with E-state index in [1.165, 1.54) is 24.4 Å². The molecule has 0 saturated carbocycles. The van der Waals surface area contributed by atoms with Gasteiger partial charge in [0.25, 0.3) is 0 Å². The summed E-state index contributed by atoms with van der Waals surface area (Å²) >= 11 is 0. The van der Waals surface area contributed by atoms with Crippen molar-refractivity contribution in [2.24, 2.45) is 0 Å². The summed E-state index contributed by atoms with van der Waals surface area (Å²) < 4.78 is 65.0. The molecule has 2 aromatic carbocycles. The lowest BCUT2D eigenvalue weighted by atomic mass is 10.1. The van der Waals surface area contributed by atoms with Gasteiger partial charge in [-0.1, -0.05) is 42.5 Å². The van der Waals surface area contributed by atoms with E-state index in [2.05, 4.69) is 4.74 Å². The molecule has 29 heavy (non-hydrogen) atoms. The van der Waals surface area contributed by atoms with E-state index < -0.39 is 42.0 Å². The Kier molecular flexibility index (Phi) is 7.03. The minimum atomic E-state index is -5.40. The number of nitrogens with one attached hydrogen (secondary N) is 2. The van der Waals surface area contributed by atoms with Gasteiger partial charge in [-0.05, 0) is 24.6 Å². The summed E-state index contributed by atoms with van der Waals surface area (Å²) in [6.45, 7) is 0.537. The van der Waals surface area contributed by atoms with Crippen molar-refractivity contribution in [2.75, 3.05) is 11.9 Å². The number of para-hydroxylation sites is 1. The van der Waals surface area contributed by atoms with E-state index in [0.717, 1.165) is 12.1 Å².